The molecule has 100 valence electrons. The molecule has 0 atom stereocenters. The van der Waals surface area contributed by atoms with E-state index < -0.39 is 0 Å². The van der Waals surface area contributed by atoms with Gasteiger partial charge in [-0.1, -0.05) is 6.07 Å². The maximum absolute atomic E-state index is 5.24. The average Bonchev–Trinajstić information content (AvgIpc) is 2.48. The Balaban J connectivity index is 1.95. The zero-order valence-corrected chi connectivity index (χ0v) is 11.2. The van der Waals surface area contributed by atoms with Crippen molar-refractivity contribution in [2.24, 2.45) is 0 Å². The Bertz CT molecular complexity index is 493. The number of hydrogen-bond acceptors (Lipinski definition) is 4. The third kappa shape index (κ3) is 3.96. The highest BCUT2D eigenvalue weighted by molar-refractivity contribution is 5.38. The Morgan fingerprint density at radius 2 is 1.68 bits per heavy atom. The first-order valence-electron chi connectivity index (χ1n) is 6.13. The van der Waals surface area contributed by atoms with Gasteiger partial charge in [-0.25, -0.2) is 0 Å². The minimum absolute atomic E-state index is 0.752. The van der Waals surface area contributed by atoms with E-state index in [0.717, 1.165) is 35.7 Å². The zero-order chi connectivity index (χ0) is 13.5. The highest BCUT2D eigenvalue weighted by atomic mass is 16.5. The predicted molar refractivity (Wildman–Crippen MR) is 74.3 cm³/mol. The summed E-state index contributed by atoms with van der Waals surface area (Å²) in [5, 5.41) is 3.37. The molecule has 0 aliphatic rings. The van der Waals surface area contributed by atoms with E-state index in [-0.39, 0.29) is 0 Å². The lowest BCUT2D eigenvalue weighted by atomic mass is 10.2. The molecule has 19 heavy (non-hydrogen) atoms. The van der Waals surface area contributed by atoms with Gasteiger partial charge in [0.1, 0.15) is 11.5 Å². The Hall–Kier alpha value is -2.07. The predicted octanol–water partition coefficient (Wildman–Crippen LogP) is 2.39. The van der Waals surface area contributed by atoms with Crippen LogP contribution in [0.25, 0.3) is 0 Å². The van der Waals surface area contributed by atoms with Gasteiger partial charge in [0.15, 0.2) is 0 Å². The van der Waals surface area contributed by atoms with Gasteiger partial charge in [-0.05, 0) is 29.3 Å². The fourth-order valence-corrected chi connectivity index (χ4v) is 1.82. The lowest BCUT2D eigenvalue weighted by molar-refractivity contribution is 0.393. The van der Waals surface area contributed by atoms with E-state index in [0.29, 0.717) is 0 Å². The fourth-order valence-electron chi connectivity index (χ4n) is 1.82. The number of benzene rings is 1. The van der Waals surface area contributed by atoms with Gasteiger partial charge in [-0.2, -0.15) is 0 Å². The van der Waals surface area contributed by atoms with Crippen molar-refractivity contribution in [2.45, 2.75) is 13.1 Å². The van der Waals surface area contributed by atoms with Crippen LogP contribution in [0.4, 0.5) is 0 Å². The molecule has 1 heterocycles. The molecule has 4 heteroatoms. The molecule has 2 aromatic rings. The number of hydrogen-bond donors (Lipinski definition) is 1. The Morgan fingerprint density at radius 3 is 2.26 bits per heavy atom. The summed E-state index contributed by atoms with van der Waals surface area (Å²) < 4.78 is 10.5. The second kappa shape index (κ2) is 6.75. The molecule has 0 aliphatic heterocycles. The molecule has 0 aliphatic carbocycles. The quantitative estimate of drug-likeness (QED) is 0.864. The van der Waals surface area contributed by atoms with Crippen molar-refractivity contribution in [2.75, 3.05) is 14.2 Å². The lowest BCUT2D eigenvalue weighted by Gasteiger charge is -2.09. The lowest BCUT2D eigenvalue weighted by Crippen LogP contribution is -2.12. The molecule has 0 saturated heterocycles. The van der Waals surface area contributed by atoms with Crippen molar-refractivity contribution in [1.29, 1.82) is 0 Å². The van der Waals surface area contributed by atoms with Crippen molar-refractivity contribution in [1.82, 2.24) is 10.3 Å². The van der Waals surface area contributed by atoms with Gasteiger partial charge in [-0.3, -0.25) is 4.98 Å². The largest absolute Gasteiger partial charge is 0.497 e. The van der Waals surface area contributed by atoms with Gasteiger partial charge in [0.2, 0.25) is 0 Å². The molecular weight excluding hydrogens is 240 g/mol. The summed E-state index contributed by atoms with van der Waals surface area (Å²) in [6.45, 7) is 1.54. The topological polar surface area (TPSA) is 43.4 Å². The monoisotopic (exact) mass is 258 g/mol. The van der Waals surface area contributed by atoms with Crippen LogP contribution in [0.1, 0.15) is 11.1 Å². The van der Waals surface area contributed by atoms with Crippen molar-refractivity contribution in [3.05, 3.63) is 53.9 Å². The molecule has 4 nitrogen and oxygen atoms in total. The summed E-state index contributed by atoms with van der Waals surface area (Å²) in [6.07, 6.45) is 3.63. The van der Waals surface area contributed by atoms with Crippen LogP contribution in [-0.4, -0.2) is 19.2 Å². The third-order valence-corrected chi connectivity index (χ3v) is 2.79. The smallest absolute Gasteiger partial charge is 0.122 e. The molecule has 0 fully saturated rings. The molecule has 0 radical (unpaired) electrons. The van der Waals surface area contributed by atoms with Gasteiger partial charge in [0, 0.05) is 31.5 Å². The third-order valence-electron chi connectivity index (χ3n) is 2.79. The first kappa shape index (κ1) is 13.4. The van der Waals surface area contributed by atoms with Crippen LogP contribution < -0.4 is 14.8 Å². The normalized spacial score (nSPS) is 10.2. The van der Waals surface area contributed by atoms with Crippen LogP contribution in [0.2, 0.25) is 0 Å². The van der Waals surface area contributed by atoms with Gasteiger partial charge in [0.25, 0.3) is 0 Å². The summed E-state index contributed by atoms with van der Waals surface area (Å²) in [4.78, 5) is 4.09. The highest BCUT2D eigenvalue weighted by Gasteiger charge is 2.01. The first-order valence-corrected chi connectivity index (χ1v) is 6.13. The average molecular weight is 258 g/mol. The summed E-state index contributed by atoms with van der Waals surface area (Å²) in [7, 11) is 3.31. The zero-order valence-electron chi connectivity index (χ0n) is 11.2. The fraction of sp³-hybridized carbons (Fsp3) is 0.267. The molecule has 0 bridgehead atoms. The van der Waals surface area contributed by atoms with Gasteiger partial charge in [0.05, 0.1) is 14.2 Å². The summed E-state index contributed by atoms with van der Waals surface area (Å²) in [6, 6.07) is 9.85. The Labute approximate surface area is 113 Å². The molecule has 0 saturated carbocycles. The first-order chi connectivity index (χ1) is 9.31. The second-order valence-electron chi connectivity index (χ2n) is 4.19. The molecule has 0 unspecified atom stereocenters. The standard InChI is InChI=1S/C15H18N2O2/c1-18-14-6-13(7-15(8-14)19-2)11-17-10-12-4-3-5-16-9-12/h3-9,17H,10-11H2,1-2H3. The van der Waals surface area contributed by atoms with E-state index >= 15 is 0 Å². The van der Waals surface area contributed by atoms with Crippen LogP contribution in [-0.2, 0) is 13.1 Å². The van der Waals surface area contributed by atoms with E-state index in [1.807, 2.05) is 36.5 Å². The minimum Gasteiger partial charge on any atom is -0.497 e. The van der Waals surface area contributed by atoms with E-state index in [1.54, 1.807) is 20.4 Å². The van der Waals surface area contributed by atoms with Crippen LogP contribution in [0.5, 0.6) is 11.5 Å². The highest BCUT2D eigenvalue weighted by Crippen LogP contribution is 2.22. The van der Waals surface area contributed by atoms with Crippen LogP contribution in [0.15, 0.2) is 42.7 Å². The van der Waals surface area contributed by atoms with Crippen LogP contribution in [0.3, 0.4) is 0 Å². The van der Waals surface area contributed by atoms with Gasteiger partial charge < -0.3 is 14.8 Å². The number of pyridine rings is 1. The summed E-state index contributed by atoms with van der Waals surface area (Å²) >= 11 is 0. The maximum atomic E-state index is 5.24. The van der Waals surface area contributed by atoms with Gasteiger partial charge in [-0.15, -0.1) is 0 Å². The number of rotatable bonds is 6. The van der Waals surface area contributed by atoms with E-state index in [1.165, 1.54) is 0 Å². The van der Waals surface area contributed by atoms with E-state index in [2.05, 4.69) is 10.3 Å². The Morgan fingerprint density at radius 1 is 1.00 bits per heavy atom. The maximum Gasteiger partial charge on any atom is 0.122 e. The second-order valence-corrected chi connectivity index (χ2v) is 4.19. The molecule has 0 amide bonds. The number of methoxy groups -OCH3 is 2. The van der Waals surface area contributed by atoms with E-state index in [9.17, 15) is 0 Å². The molecular formula is C15H18N2O2. The Kier molecular flexibility index (Phi) is 4.75. The molecule has 1 aromatic carbocycles. The molecule has 0 spiro atoms. The minimum atomic E-state index is 0.752. The number of nitrogens with zero attached hydrogens (tertiary/aromatic N) is 1. The molecule has 2 rings (SSSR count). The number of ether oxygens (including phenoxy) is 2. The van der Waals surface area contributed by atoms with Crippen LogP contribution >= 0.6 is 0 Å². The SMILES string of the molecule is COc1cc(CNCc2cccnc2)cc(OC)c1. The number of nitrogens with one attached hydrogen (secondary N) is 1. The molecule has 1 aromatic heterocycles. The number of aromatic nitrogens is 1. The van der Waals surface area contributed by atoms with Crippen molar-refractivity contribution in [3.8, 4) is 11.5 Å². The van der Waals surface area contributed by atoms with Crippen molar-refractivity contribution < 1.29 is 9.47 Å². The summed E-state index contributed by atoms with van der Waals surface area (Å²) in [5.41, 5.74) is 2.29. The summed E-state index contributed by atoms with van der Waals surface area (Å²) in [5.74, 6) is 1.61. The molecule has 1 N–H and O–H groups in total. The van der Waals surface area contributed by atoms with E-state index in [4.69, 9.17) is 9.47 Å². The van der Waals surface area contributed by atoms with Gasteiger partial charge >= 0.3 is 0 Å². The van der Waals surface area contributed by atoms with Crippen molar-refractivity contribution in [3.63, 3.8) is 0 Å². The van der Waals surface area contributed by atoms with Crippen LogP contribution in [0, 0.1) is 0 Å². The van der Waals surface area contributed by atoms with Crippen molar-refractivity contribution >= 4 is 0 Å².